The standard InChI is InChI=1S/C16H13N3OS/c1-10-7-11(2)18-16(12(10)8-17)21-9-15-19-13-5-3-4-6-14(13)20-15/h3-7H,9H2,1-2H3. The van der Waals surface area contributed by atoms with E-state index in [9.17, 15) is 5.26 Å². The molecule has 4 nitrogen and oxygen atoms in total. The van der Waals surface area contributed by atoms with Crippen LogP contribution in [0, 0.1) is 25.2 Å². The van der Waals surface area contributed by atoms with Crippen molar-refractivity contribution in [2.75, 3.05) is 0 Å². The van der Waals surface area contributed by atoms with Gasteiger partial charge in [0.25, 0.3) is 0 Å². The largest absolute Gasteiger partial charge is 0.440 e. The number of thioether (sulfide) groups is 1. The van der Waals surface area contributed by atoms with E-state index in [0.717, 1.165) is 27.4 Å². The van der Waals surface area contributed by atoms with Crippen LogP contribution in [-0.4, -0.2) is 9.97 Å². The highest BCUT2D eigenvalue weighted by Crippen LogP contribution is 2.27. The summed E-state index contributed by atoms with van der Waals surface area (Å²) < 4.78 is 5.68. The molecule has 0 amide bonds. The molecule has 0 aliphatic rings. The lowest BCUT2D eigenvalue weighted by atomic mass is 10.1. The molecular formula is C16H13N3OS. The number of oxazole rings is 1. The zero-order valence-electron chi connectivity index (χ0n) is 11.8. The number of benzene rings is 1. The Labute approximate surface area is 126 Å². The Balaban J connectivity index is 1.86. The van der Waals surface area contributed by atoms with Gasteiger partial charge in [0.1, 0.15) is 16.6 Å². The van der Waals surface area contributed by atoms with E-state index < -0.39 is 0 Å². The molecule has 0 radical (unpaired) electrons. The third-order valence-electron chi connectivity index (χ3n) is 3.09. The molecule has 0 bridgehead atoms. The lowest BCUT2D eigenvalue weighted by molar-refractivity contribution is 0.556. The van der Waals surface area contributed by atoms with Crippen LogP contribution in [0.3, 0.4) is 0 Å². The maximum Gasteiger partial charge on any atom is 0.205 e. The predicted molar refractivity (Wildman–Crippen MR) is 82.0 cm³/mol. The van der Waals surface area contributed by atoms with E-state index in [2.05, 4.69) is 16.0 Å². The van der Waals surface area contributed by atoms with Gasteiger partial charge in [-0.05, 0) is 37.6 Å². The zero-order valence-corrected chi connectivity index (χ0v) is 12.6. The van der Waals surface area contributed by atoms with Crippen molar-refractivity contribution in [3.63, 3.8) is 0 Å². The van der Waals surface area contributed by atoms with Crippen LogP contribution in [0.1, 0.15) is 22.7 Å². The Hall–Kier alpha value is -2.32. The molecule has 3 rings (SSSR count). The quantitative estimate of drug-likeness (QED) is 0.683. The maximum atomic E-state index is 9.26. The van der Waals surface area contributed by atoms with Crippen molar-refractivity contribution < 1.29 is 4.42 Å². The molecule has 0 aliphatic carbocycles. The van der Waals surface area contributed by atoms with Crippen molar-refractivity contribution >= 4 is 22.9 Å². The number of nitrogens with zero attached hydrogens (tertiary/aromatic N) is 3. The molecule has 0 unspecified atom stereocenters. The fourth-order valence-electron chi connectivity index (χ4n) is 2.15. The second kappa shape index (κ2) is 5.58. The topological polar surface area (TPSA) is 62.7 Å². The Morgan fingerprint density at radius 2 is 2.05 bits per heavy atom. The maximum absolute atomic E-state index is 9.26. The third kappa shape index (κ3) is 2.76. The summed E-state index contributed by atoms with van der Waals surface area (Å²) in [7, 11) is 0. The normalized spacial score (nSPS) is 10.7. The number of hydrogen-bond acceptors (Lipinski definition) is 5. The first-order valence-corrected chi connectivity index (χ1v) is 7.51. The first-order chi connectivity index (χ1) is 10.2. The molecule has 0 fully saturated rings. The molecule has 0 N–H and O–H groups in total. The van der Waals surface area contributed by atoms with Crippen LogP contribution in [0.2, 0.25) is 0 Å². The molecular weight excluding hydrogens is 282 g/mol. The van der Waals surface area contributed by atoms with Gasteiger partial charge in [-0.15, -0.1) is 0 Å². The first kappa shape index (κ1) is 13.7. The predicted octanol–water partition coefficient (Wildman–Crippen LogP) is 4.00. The van der Waals surface area contributed by atoms with E-state index in [0.29, 0.717) is 17.2 Å². The van der Waals surface area contributed by atoms with Gasteiger partial charge >= 0.3 is 0 Å². The third-order valence-corrected chi connectivity index (χ3v) is 4.05. The van der Waals surface area contributed by atoms with Crippen LogP contribution in [0.4, 0.5) is 0 Å². The monoisotopic (exact) mass is 295 g/mol. The molecule has 104 valence electrons. The van der Waals surface area contributed by atoms with Gasteiger partial charge in [0.2, 0.25) is 5.89 Å². The Morgan fingerprint density at radius 3 is 2.81 bits per heavy atom. The van der Waals surface area contributed by atoms with Crippen molar-refractivity contribution in [1.29, 1.82) is 5.26 Å². The average molecular weight is 295 g/mol. The summed E-state index contributed by atoms with van der Waals surface area (Å²) in [6.07, 6.45) is 0. The van der Waals surface area contributed by atoms with E-state index >= 15 is 0 Å². The number of para-hydroxylation sites is 2. The van der Waals surface area contributed by atoms with Gasteiger partial charge in [0, 0.05) is 5.69 Å². The number of rotatable bonds is 3. The molecule has 0 saturated carbocycles. The minimum absolute atomic E-state index is 0.555. The zero-order chi connectivity index (χ0) is 14.8. The summed E-state index contributed by atoms with van der Waals surface area (Å²) in [6.45, 7) is 3.86. The summed E-state index contributed by atoms with van der Waals surface area (Å²) in [5, 5.41) is 9.99. The van der Waals surface area contributed by atoms with Crippen LogP contribution in [0.15, 0.2) is 39.8 Å². The van der Waals surface area contributed by atoms with Crippen molar-refractivity contribution in [2.45, 2.75) is 24.6 Å². The summed E-state index contributed by atoms with van der Waals surface area (Å²) in [5.41, 5.74) is 4.11. The second-order valence-corrected chi connectivity index (χ2v) is 5.70. The van der Waals surface area contributed by atoms with E-state index in [4.69, 9.17) is 4.42 Å². The first-order valence-electron chi connectivity index (χ1n) is 6.53. The number of pyridine rings is 1. The van der Waals surface area contributed by atoms with Gasteiger partial charge in [-0.2, -0.15) is 5.26 Å². The lowest BCUT2D eigenvalue weighted by Crippen LogP contribution is -1.94. The van der Waals surface area contributed by atoms with E-state index in [1.807, 2.05) is 44.2 Å². The molecule has 21 heavy (non-hydrogen) atoms. The molecule has 1 aromatic carbocycles. The second-order valence-electron chi connectivity index (χ2n) is 4.74. The average Bonchev–Trinajstić information content (AvgIpc) is 2.87. The van der Waals surface area contributed by atoms with Gasteiger partial charge in [-0.1, -0.05) is 23.9 Å². The number of fused-ring (bicyclic) bond motifs is 1. The van der Waals surface area contributed by atoms with Gasteiger partial charge < -0.3 is 4.42 Å². The van der Waals surface area contributed by atoms with Crippen LogP contribution in [0.25, 0.3) is 11.1 Å². The molecule has 0 saturated heterocycles. The van der Waals surface area contributed by atoms with Crippen LogP contribution < -0.4 is 0 Å². The van der Waals surface area contributed by atoms with E-state index in [1.54, 1.807) is 0 Å². The highest BCUT2D eigenvalue weighted by molar-refractivity contribution is 7.98. The number of hydrogen-bond donors (Lipinski definition) is 0. The van der Waals surface area contributed by atoms with Crippen molar-refractivity contribution in [1.82, 2.24) is 9.97 Å². The van der Waals surface area contributed by atoms with Gasteiger partial charge in [0.15, 0.2) is 5.58 Å². The number of nitriles is 1. The van der Waals surface area contributed by atoms with Crippen molar-refractivity contribution in [3.05, 3.63) is 53.0 Å². The smallest absolute Gasteiger partial charge is 0.205 e. The number of aromatic nitrogens is 2. The van der Waals surface area contributed by atoms with Gasteiger partial charge in [-0.25, -0.2) is 9.97 Å². The molecule has 0 atom stereocenters. The Kier molecular flexibility index (Phi) is 3.63. The van der Waals surface area contributed by atoms with Crippen LogP contribution in [0.5, 0.6) is 0 Å². The van der Waals surface area contributed by atoms with E-state index in [1.165, 1.54) is 11.8 Å². The molecule has 0 aliphatic heterocycles. The summed E-state index contributed by atoms with van der Waals surface area (Å²) >= 11 is 1.48. The fraction of sp³-hybridized carbons (Fsp3) is 0.188. The highest BCUT2D eigenvalue weighted by atomic mass is 32.2. The van der Waals surface area contributed by atoms with Crippen molar-refractivity contribution in [3.8, 4) is 6.07 Å². The number of aryl methyl sites for hydroxylation is 2. The summed E-state index contributed by atoms with van der Waals surface area (Å²) in [6, 6.07) is 11.8. The van der Waals surface area contributed by atoms with Gasteiger partial charge in [-0.3, -0.25) is 0 Å². The Bertz CT molecular complexity index is 815. The molecule has 5 heteroatoms. The van der Waals surface area contributed by atoms with E-state index in [-0.39, 0.29) is 0 Å². The van der Waals surface area contributed by atoms with Gasteiger partial charge in [0.05, 0.1) is 11.3 Å². The molecule has 3 aromatic rings. The molecule has 2 heterocycles. The van der Waals surface area contributed by atoms with Crippen LogP contribution in [-0.2, 0) is 5.75 Å². The minimum atomic E-state index is 0.555. The van der Waals surface area contributed by atoms with Crippen LogP contribution >= 0.6 is 11.8 Å². The van der Waals surface area contributed by atoms with Crippen molar-refractivity contribution in [2.24, 2.45) is 0 Å². The highest BCUT2D eigenvalue weighted by Gasteiger charge is 2.11. The molecule has 0 spiro atoms. The molecule has 2 aromatic heterocycles. The SMILES string of the molecule is Cc1cc(C)c(C#N)c(SCc2nc3ccccc3o2)n1. The summed E-state index contributed by atoms with van der Waals surface area (Å²) in [4.78, 5) is 8.87. The lowest BCUT2D eigenvalue weighted by Gasteiger charge is -2.05. The fourth-order valence-corrected chi connectivity index (χ4v) is 3.10. The summed E-state index contributed by atoms with van der Waals surface area (Å²) in [5.74, 6) is 1.20. The minimum Gasteiger partial charge on any atom is -0.440 e. The Morgan fingerprint density at radius 1 is 1.24 bits per heavy atom.